The van der Waals surface area contributed by atoms with Crippen molar-refractivity contribution >= 4 is 16.7 Å². The summed E-state index contributed by atoms with van der Waals surface area (Å²) in [5.41, 5.74) is 2.03. The molecule has 0 bridgehead atoms. The van der Waals surface area contributed by atoms with Crippen LogP contribution in [0.4, 0.5) is 18.9 Å². The van der Waals surface area contributed by atoms with E-state index in [1.54, 1.807) is 30.3 Å². The Labute approximate surface area is 152 Å². The van der Waals surface area contributed by atoms with E-state index in [-0.39, 0.29) is 12.3 Å². The van der Waals surface area contributed by atoms with E-state index in [0.717, 1.165) is 0 Å². The number of aliphatic hydroxyl groups excluding tert-OH is 2. The highest BCUT2D eigenvalue weighted by molar-refractivity contribution is 5.73. The average Bonchev–Trinajstić information content (AvgIpc) is 3.08. The first kappa shape index (κ1) is 18.9. The van der Waals surface area contributed by atoms with Gasteiger partial charge in [-0.25, -0.2) is 0 Å². The smallest absolute Gasteiger partial charge is 0.422 e. The van der Waals surface area contributed by atoms with E-state index in [1.807, 2.05) is 0 Å². The third-order valence-electron chi connectivity index (χ3n) is 3.56. The van der Waals surface area contributed by atoms with Gasteiger partial charge in [0.1, 0.15) is 16.8 Å². The molecule has 1 unspecified atom stereocenters. The van der Waals surface area contributed by atoms with Crippen molar-refractivity contribution in [2.24, 2.45) is 0 Å². The van der Waals surface area contributed by atoms with Gasteiger partial charge in [-0.05, 0) is 18.2 Å². The molecule has 7 nitrogen and oxygen atoms in total. The van der Waals surface area contributed by atoms with Crippen LogP contribution in [0.3, 0.4) is 0 Å². The minimum atomic E-state index is -4.48. The normalized spacial score (nSPS) is 12.9. The molecule has 2 aromatic carbocycles. The van der Waals surface area contributed by atoms with Crippen LogP contribution in [0.1, 0.15) is 0 Å². The van der Waals surface area contributed by atoms with Crippen LogP contribution in [0.5, 0.6) is 5.75 Å². The van der Waals surface area contributed by atoms with Gasteiger partial charge in [0.25, 0.3) is 0 Å². The van der Waals surface area contributed by atoms with E-state index in [2.05, 4.69) is 15.5 Å². The van der Waals surface area contributed by atoms with E-state index >= 15 is 0 Å². The topological polar surface area (TPSA) is 92.4 Å². The summed E-state index contributed by atoms with van der Waals surface area (Å²) in [6, 6.07) is 11.5. The van der Waals surface area contributed by atoms with Crippen LogP contribution in [0.25, 0.3) is 16.7 Å². The molecule has 0 spiro atoms. The van der Waals surface area contributed by atoms with Gasteiger partial charge in [-0.3, -0.25) is 0 Å². The Morgan fingerprint density at radius 1 is 1.11 bits per heavy atom. The van der Waals surface area contributed by atoms with Crippen molar-refractivity contribution in [1.29, 1.82) is 0 Å². The number of rotatable bonds is 7. The fourth-order valence-electron chi connectivity index (χ4n) is 2.32. The molecular formula is C17H17F3N4O3. The number of fused-ring (bicyclic) bond motifs is 1. The van der Waals surface area contributed by atoms with E-state index in [4.69, 9.17) is 9.84 Å². The number of ether oxygens (including phenoxy) is 1. The zero-order chi connectivity index (χ0) is 19.4. The fourth-order valence-corrected chi connectivity index (χ4v) is 2.32. The highest BCUT2D eigenvalue weighted by Gasteiger charge is 2.28. The molecule has 3 aromatic rings. The van der Waals surface area contributed by atoms with Crippen LogP contribution in [0, 0.1) is 0 Å². The maximum atomic E-state index is 12.5. The van der Waals surface area contributed by atoms with Crippen molar-refractivity contribution in [2.75, 3.05) is 25.1 Å². The molecule has 0 aliphatic heterocycles. The predicted molar refractivity (Wildman–Crippen MR) is 92.0 cm³/mol. The molecule has 0 fully saturated rings. The van der Waals surface area contributed by atoms with Crippen LogP contribution < -0.4 is 10.1 Å². The van der Waals surface area contributed by atoms with E-state index < -0.39 is 25.5 Å². The third kappa shape index (κ3) is 5.08. The van der Waals surface area contributed by atoms with Gasteiger partial charge >= 0.3 is 6.18 Å². The lowest BCUT2D eigenvalue weighted by Gasteiger charge is -2.14. The fraction of sp³-hybridized carbons (Fsp3) is 0.294. The minimum absolute atomic E-state index is 0.00712. The second kappa shape index (κ2) is 7.80. The van der Waals surface area contributed by atoms with Gasteiger partial charge in [-0.15, -0.1) is 10.2 Å². The van der Waals surface area contributed by atoms with Crippen molar-refractivity contribution in [2.45, 2.75) is 12.3 Å². The molecule has 1 aromatic heterocycles. The van der Waals surface area contributed by atoms with Gasteiger partial charge in [0.15, 0.2) is 6.61 Å². The van der Waals surface area contributed by atoms with Crippen molar-refractivity contribution < 1.29 is 28.1 Å². The second-order valence-electron chi connectivity index (χ2n) is 5.81. The molecule has 0 saturated carbocycles. The summed E-state index contributed by atoms with van der Waals surface area (Å²) in [6.07, 6.45) is -5.49. The molecular weight excluding hydrogens is 365 g/mol. The standard InChI is InChI=1S/C17H17F3N4O3/c18-17(19,20)10-27-14-6-11(21-8-13(26)9-25)5-12(7-14)24-22-15-3-1-2-4-16(15)23-24/h1-7,13,21,25-26H,8-10H2. The monoisotopic (exact) mass is 382 g/mol. The summed E-state index contributed by atoms with van der Waals surface area (Å²) in [4.78, 5) is 1.29. The Kier molecular flexibility index (Phi) is 5.47. The number of nitrogens with one attached hydrogen (secondary N) is 1. The molecule has 10 heteroatoms. The minimum Gasteiger partial charge on any atom is -0.484 e. The van der Waals surface area contributed by atoms with Crippen LogP contribution >= 0.6 is 0 Å². The van der Waals surface area contributed by atoms with Crippen LogP contribution in [-0.4, -0.2) is 57.2 Å². The molecule has 1 heterocycles. The summed E-state index contributed by atoms with van der Waals surface area (Å²) in [5, 5.41) is 29.8. The number of hydrogen-bond donors (Lipinski definition) is 3. The van der Waals surface area contributed by atoms with Crippen LogP contribution in [0.2, 0.25) is 0 Å². The van der Waals surface area contributed by atoms with Crippen molar-refractivity contribution in [3.05, 3.63) is 42.5 Å². The number of benzene rings is 2. The van der Waals surface area contributed by atoms with Gasteiger partial charge in [0.05, 0.1) is 18.4 Å². The molecule has 1 atom stereocenters. The number of aliphatic hydroxyl groups is 2. The number of halogens is 3. The highest BCUT2D eigenvalue weighted by Crippen LogP contribution is 2.26. The Bertz CT molecular complexity index is 881. The zero-order valence-corrected chi connectivity index (χ0v) is 14.0. The second-order valence-corrected chi connectivity index (χ2v) is 5.81. The first-order valence-corrected chi connectivity index (χ1v) is 8.04. The molecule has 0 aliphatic rings. The molecule has 27 heavy (non-hydrogen) atoms. The molecule has 3 N–H and O–H groups in total. The Hall–Kier alpha value is -2.85. The Balaban J connectivity index is 1.92. The predicted octanol–water partition coefficient (Wildman–Crippen LogP) is 2.13. The first-order chi connectivity index (χ1) is 12.8. The first-order valence-electron chi connectivity index (χ1n) is 8.04. The molecule has 0 aliphatic carbocycles. The van der Waals surface area contributed by atoms with Crippen molar-refractivity contribution in [1.82, 2.24) is 15.0 Å². The number of anilines is 1. The van der Waals surface area contributed by atoms with Crippen LogP contribution in [0.15, 0.2) is 42.5 Å². The van der Waals surface area contributed by atoms with Crippen LogP contribution in [-0.2, 0) is 0 Å². The number of aromatic nitrogens is 3. The van der Waals surface area contributed by atoms with Gasteiger partial charge in [-0.2, -0.15) is 18.0 Å². The van der Waals surface area contributed by atoms with E-state index in [9.17, 15) is 18.3 Å². The van der Waals surface area contributed by atoms with E-state index in [0.29, 0.717) is 22.4 Å². The summed E-state index contributed by atoms with van der Waals surface area (Å²) in [5.74, 6) is -0.0350. The maximum Gasteiger partial charge on any atom is 0.422 e. The summed E-state index contributed by atoms with van der Waals surface area (Å²) >= 11 is 0. The van der Waals surface area contributed by atoms with Crippen molar-refractivity contribution in [3.8, 4) is 11.4 Å². The van der Waals surface area contributed by atoms with Gasteiger partial charge < -0.3 is 20.3 Å². The number of hydrogen-bond acceptors (Lipinski definition) is 6. The third-order valence-corrected chi connectivity index (χ3v) is 3.56. The zero-order valence-electron chi connectivity index (χ0n) is 14.0. The Morgan fingerprint density at radius 3 is 2.37 bits per heavy atom. The average molecular weight is 382 g/mol. The summed E-state index contributed by atoms with van der Waals surface area (Å²) < 4.78 is 42.3. The molecule has 144 valence electrons. The van der Waals surface area contributed by atoms with Crippen molar-refractivity contribution in [3.63, 3.8) is 0 Å². The lowest BCUT2D eigenvalue weighted by Crippen LogP contribution is -2.23. The van der Waals surface area contributed by atoms with Gasteiger partial charge in [0, 0.05) is 24.4 Å². The highest BCUT2D eigenvalue weighted by atomic mass is 19.4. The van der Waals surface area contributed by atoms with Gasteiger partial charge in [0.2, 0.25) is 0 Å². The largest absolute Gasteiger partial charge is 0.484 e. The molecule has 0 amide bonds. The number of nitrogens with zero attached hydrogens (tertiary/aromatic N) is 3. The lowest BCUT2D eigenvalue weighted by atomic mass is 10.2. The van der Waals surface area contributed by atoms with Gasteiger partial charge in [-0.1, -0.05) is 12.1 Å². The number of alkyl halides is 3. The maximum absolute atomic E-state index is 12.5. The SMILES string of the molecule is OCC(O)CNc1cc(OCC(F)(F)F)cc(-n2nc3ccccc3n2)c1. The molecule has 0 saturated heterocycles. The van der Waals surface area contributed by atoms with E-state index in [1.165, 1.54) is 16.9 Å². The Morgan fingerprint density at radius 2 is 1.78 bits per heavy atom. The molecule has 3 rings (SSSR count). The summed E-state index contributed by atoms with van der Waals surface area (Å²) in [7, 11) is 0. The quantitative estimate of drug-likeness (QED) is 0.580. The molecule has 0 radical (unpaired) electrons. The lowest BCUT2D eigenvalue weighted by molar-refractivity contribution is -0.153. The summed E-state index contributed by atoms with van der Waals surface area (Å²) in [6.45, 7) is -1.88.